The molecule has 0 saturated carbocycles. The van der Waals surface area contributed by atoms with E-state index in [9.17, 15) is 18.8 Å². The Morgan fingerprint density at radius 2 is 1.80 bits per heavy atom. The molecule has 1 heterocycles. The summed E-state index contributed by atoms with van der Waals surface area (Å²) < 4.78 is 14.0. The molecule has 0 bridgehead atoms. The number of aryl methyl sites for hydroxylation is 1. The summed E-state index contributed by atoms with van der Waals surface area (Å²) in [5.41, 5.74) is 0.0315. The number of nitrogens with one attached hydrogen (secondary N) is 2. The van der Waals surface area contributed by atoms with Gasteiger partial charge in [0, 0.05) is 0 Å². The van der Waals surface area contributed by atoms with E-state index in [1.807, 2.05) is 36.4 Å². The third-order valence-corrected chi connectivity index (χ3v) is 5.30. The number of nitrogens with zero attached hydrogens (tertiary/aromatic N) is 1. The van der Waals surface area contributed by atoms with Crippen LogP contribution in [0.15, 0.2) is 60.7 Å². The molecule has 1 atom stereocenters. The number of carbonyl (C=O) groups excluding carboxylic acids is 3. The van der Waals surface area contributed by atoms with E-state index in [0.717, 1.165) is 15.7 Å². The van der Waals surface area contributed by atoms with Crippen LogP contribution in [0.25, 0.3) is 10.8 Å². The maximum Gasteiger partial charge on any atom is 0.325 e. The first kappa shape index (κ1) is 19.6. The number of halogens is 1. The van der Waals surface area contributed by atoms with Crippen molar-refractivity contribution >= 4 is 34.3 Å². The van der Waals surface area contributed by atoms with Gasteiger partial charge in [0.15, 0.2) is 0 Å². The van der Waals surface area contributed by atoms with E-state index in [4.69, 9.17) is 0 Å². The molecule has 1 unspecified atom stereocenters. The lowest BCUT2D eigenvalue weighted by Gasteiger charge is -2.22. The Bertz CT molecular complexity index is 1190. The van der Waals surface area contributed by atoms with Crippen LogP contribution in [0.4, 0.5) is 14.9 Å². The summed E-state index contributed by atoms with van der Waals surface area (Å²) in [6, 6.07) is 16.9. The molecule has 4 amide bonds. The number of rotatable bonds is 4. The predicted octanol–water partition coefficient (Wildman–Crippen LogP) is 3.69. The summed E-state index contributed by atoms with van der Waals surface area (Å²) in [6.45, 7) is 2.82. The number of anilines is 1. The zero-order valence-electron chi connectivity index (χ0n) is 16.5. The highest BCUT2D eigenvalue weighted by molar-refractivity contribution is 6.10. The van der Waals surface area contributed by atoms with Crippen molar-refractivity contribution in [3.05, 3.63) is 77.6 Å². The fourth-order valence-electron chi connectivity index (χ4n) is 3.59. The smallest absolute Gasteiger partial charge is 0.322 e. The highest BCUT2D eigenvalue weighted by Crippen LogP contribution is 2.31. The van der Waals surface area contributed by atoms with Gasteiger partial charge >= 0.3 is 6.03 Å². The van der Waals surface area contributed by atoms with Crippen molar-refractivity contribution in [3.63, 3.8) is 0 Å². The third-order valence-electron chi connectivity index (χ3n) is 5.30. The average Bonchev–Trinajstić information content (AvgIpc) is 2.94. The Kier molecular flexibility index (Phi) is 4.73. The Labute approximate surface area is 172 Å². The van der Waals surface area contributed by atoms with Crippen molar-refractivity contribution in [2.45, 2.75) is 19.4 Å². The topological polar surface area (TPSA) is 78.5 Å². The fourth-order valence-corrected chi connectivity index (χ4v) is 3.59. The number of amides is 4. The molecule has 0 spiro atoms. The minimum absolute atomic E-state index is 0.00468. The molecule has 3 aromatic carbocycles. The van der Waals surface area contributed by atoms with Gasteiger partial charge in [-0.05, 0) is 53.9 Å². The summed E-state index contributed by atoms with van der Waals surface area (Å²) in [4.78, 5) is 38.8. The summed E-state index contributed by atoms with van der Waals surface area (Å²) in [6.07, 6.45) is 0. The SMILES string of the molecule is Cc1ccc(NC(=O)CN2C(=O)NC(C)(c3ccc4ccccc4c3)C2=O)c(F)c1. The molecule has 0 radical (unpaired) electrons. The first-order chi connectivity index (χ1) is 14.3. The van der Waals surface area contributed by atoms with Crippen LogP contribution in [0.3, 0.4) is 0 Å². The van der Waals surface area contributed by atoms with Crippen LogP contribution in [0.5, 0.6) is 0 Å². The molecular weight excluding hydrogens is 385 g/mol. The number of carbonyl (C=O) groups is 3. The van der Waals surface area contributed by atoms with Crippen molar-refractivity contribution in [1.82, 2.24) is 10.2 Å². The molecule has 0 aromatic heterocycles. The van der Waals surface area contributed by atoms with Crippen LogP contribution in [-0.2, 0) is 15.1 Å². The predicted molar refractivity (Wildman–Crippen MR) is 111 cm³/mol. The van der Waals surface area contributed by atoms with Crippen LogP contribution in [0, 0.1) is 12.7 Å². The van der Waals surface area contributed by atoms with Crippen molar-refractivity contribution in [1.29, 1.82) is 0 Å². The van der Waals surface area contributed by atoms with Gasteiger partial charge in [-0.2, -0.15) is 0 Å². The monoisotopic (exact) mass is 405 g/mol. The lowest BCUT2D eigenvalue weighted by atomic mass is 9.90. The second-order valence-corrected chi connectivity index (χ2v) is 7.54. The minimum atomic E-state index is -1.30. The number of fused-ring (bicyclic) bond motifs is 1. The van der Waals surface area contributed by atoms with Gasteiger partial charge in [0.1, 0.15) is 17.9 Å². The molecule has 0 aliphatic carbocycles. The van der Waals surface area contributed by atoms with Gasteiger partial charge in [0.05, 0.1) is 5.69 Å². The zero-order valence-corrected chi connectivity index (χ0v) is 16.5. The van der Waals surface area contributed by atoms with E-state index in [2.05, 4.69) is 10.6 Å². The van der Waals surface area contributed by atoms with E-state index in [1.165, 1.54) is 12.1 Å². The molecule has 152 valence electrons. The second-order valence-electron chi connectivity index (χ2n) is 7.54. The first-order valence-electron chi connectivity index (χ1n) is 9.47. The first-order valence-corrected chi connectivity index (χ1v) is 9.47. The number of hydrogen-bond donors (Lipinski definition) is 2. The second kappa shape index (κ2) is 7.26. The van der Waals surface area contributed by atoms with E-state index < -0.39 is 35.7 Å². The van der Waals surface area contributed by atoms with Gasteiger partial charge in [-0.15, -0.1) is 0 Å². The maximum atomic E-state index is 14.0. The molecule has 2 N–H and O–H groups in total. The maximum absolute atomic E-state index is 14.0. The molecule has 1 fully saturated rings. The quantitative estimate of drug-likeness (QED) is 0.650. The van der Waals surface area contributed by atoms with Crippen molar-refractivity contribution in [2.24, 2.45) is 0 Å². The molecule has 1 saturated heterocycles. The van der Waals surface area contributed by atoms with Gasteiger partial charge in [0.25, 0.3) is 5.91 Å². The van der Waals surface area contributed by atoms with Gasteiger partial charge < -0.3 is 10.6 Å². The van der Waals surface area contributed by atoms with Crippen LogP contribution in [-0.4, -0.2) is 29.3 Å². The summed E-state index contributed by atoms with van der Waals surface area (Å²) in [7, 11) is 0. The summed E-state index contributed by atoms with van der Waals surface area (Å²) in [5, 5.41) is 7.04. The fraction of sp³-hybridized carbons (Fsp3) is 0.174. The van der Waals surface area contributed by atoms with Gasteiger partial charge in [-0.1, -0.05) is 42.5 Å². The average molecular weight is 405 g/mol. The van der Waals surface area contributed by atoms with Gasteiger partial charge in [0.2, 0.25) is 5.91 Å². The molecule has 6 nitrogen and oxygen atoms in total. The highest BCUT2D eigenvalue weighted by Gasteiger charge is 2.49. The van der Waals surface area contributed by atoms with Crippen LogP contribution in [0.2, 0.25) is 0 Å². The Morgan fingerprint density at radius 3 is 2.53 bits per heavy atom. The van der Waals surface area contributed by atoms with E-state index in [1.54, 1.807) is 26.0 Å². The molecule has 3 aromatic rings. The third kappa shape index (κ3) is 3.39. The van der Waals surface area contributed by atoms with Gasteiger partial charge in [-0.3, -0.25) is 14.5 Å². The van der Waals surface area contributed by atoms with E-state index >= 15 is 0 Å². The number of hydrogen-bond acceptors (Lipinski definition) is 3. The molecule has 30 heavy (non-hydrogen) atoms. The molecule has 7 heteroatoms. The normalized spacial score (nSPS) is 18.6. The Hall–Kier alpha value is -3.74. The van der Waals surface area contributed by atoms with E-state index in [0.29, 0.717) is 11.1 Å². The van der Waals surface area contributed by atoms with Crippen LogP contribution in [0.1, 0.15) is 18.1 Å². The molecular formula is C23H20FN3O3. The van der Waals surface area contributed by atoms with Crippen molar-refractivity contribution in [3.8, 4) is 0 Å². The van der Waals surface area contributed by atoms with E-state index in [-0.39, 0.29) is 5.69 Å². The molecule has 4 rings (SSSR count). The standard InChI is InChI=1S/C23H20FN3O3/c1-14-7-10-19(18(24)11-14)25-20(28)13-27-21(29)23(2,26-22(27)30)17-9-8-15-5-3-4-6-16(15)12-17/h3-12H,13H2,1-2H3,(H,25,28)(H,26,30). The summed E-state index contributed by atoms with van der Waals surface area (Å²) >= 11 is 0. The van der Waals surface area contributed by atoms with Crippen molar-refractivity contribution < 1.29 is 18.8 Å². The lowest BCUT2D eigenvalue weighted by Crippen LogP contribution is -2.42. The Balaban J connectivity index is 1.54. The van der Waals surface area contributed by atoms with Crippen LogP contribution >= 0.6 is 0 Å². The molecule has 1 aliphatic heterocycles. The summed E-state index contributed by atoms with van der Waals surface area (Å²) in [5.74, 6) is -1.78. The van der Waals surface area contributed by atoms with Crippen LogP contribution < -0.4 is 10.6 Å². The largest absolute Gasteiger partial charge is 0.325 e. The minimum Gasteiger partial charge on any atom is -0.322 e. The van der Waals surface area contributed by atoms with Gasteiger partial charge in [-0.25, -0.2) is 9.18 Å². The van der Waals surface area contributed by atoms with Crippen molar-refractivity contribution in [2.75, 3.05) is 11.9 Å². The molecule has 1 aliphatic rings. The number of urea groups is 1. The Morgan fingerprint density at radius 1 is 1.07 bits per heavy atom. The number of benzene rings is 3. The lowest BCUT2D eigenvalue weighted by molar-refractivity contribution is -0.133. The highest BCUT2D eigenvalue weighted by atomic mass is 19.1. The number of imide groups is 1. The zero-order chi connectivity index (χ0) is 21.5.